The van der Waals surface area contributed by atoms with E-state index < -0.39 is 30.0 Å². The molecular weight excluding hydrogens is 542 g/mol. The van der Waals surface area contributed by atoms with Gasteiger partial charge in [0.25, 0.3) is 0 Å². The molecule has 0 spiro atoms. The van der Waals surface area contributed by atoms with E-state index in [1.165, 1.54) is 5.56 Å². The number of halogens is 6. The molecule has 210 valence electrons. The van der Waals surface area contributed by atoms with E-state index in [9.17, 15) is 22.0 Å². The Morgan fingerprint density at radius 1 is 0.923 bits per heavy atom. The van der Waals surface area contributed by atoms with Gasteiger partial charge in [-0.1, -0.05) is 31.2 Å². The number of aryl methyl sites for hydroxylation is 1. The highest BCUT2D eigenvalue weighted by Crippen LogP contribution is 2.43. The lowest BCUT2D eigenvalue weighted by molar-refractivity contribution is -0.276. The third kappa shape index (κ3) is 6.44. The Labute approximate surface area is 226 Å². The van der Waals surface area contributed by atoms with Crippen molar-refractivity contribution in [1.82, 2.24) is 0 Å². The van der Waals surface area contributed by atoms with Crippen LogP contribution in [0.5, 0.6) is 5.75 Å². The van der Waals surface area contributed by atoms with Crippen molar-refractivity contribution < 1.29 is 40.6 Å². The van der Waals surface area contributed by atoms with Crippen molar-refractivity contribution in [2.75, 3.05) is 13.2 Å². The summed E-state index contributed by atoms with van der Waals surface area (Å²) in [6.07, 6.45) is 2.44. The number of alkyl halides is 3. The Bertz CT molecular complexity index is 1310. The Hall–Kier alpha value is -2.56. The molecule has 5 rings (SSSR count). The van der Waals surface area contributed by atoms with E-state index in [1.54, 1.807) is 11.3 Å². The highest BCUT2D eigenvalue weighted by Gasteiger charge is 2.35. The van der Waals surface area contributed by atoms with E-state index in [1.807, 2.05) is 18.2 Å². The van der Waals surface area contributed by atoms with Crippen LogP contribution in [0.2, 0.25) is 0 Å². The average Bonchev–Trinajstić information content (AvgIpc) is 3.25. The van der Waals surface area contributed by atoms with Crippen molar-refractivity contribution >= 4 is 21.4 Å². The minimum Gasteiger partial charge on any atom is -0.399 e. The van der Waals surface area contributed by atoms with E-state index in [-0.39, 0.29) is 36.4 Å². The summed E-state index contributed by atoms with van der Waals surface area (Å²) in [6.45, 7) is 2.55. The van der Waals surface area contributed by atoms with Gasteiger partial charge in [-0.2, -0.15) is 0 Å². The molecule has 0 radical (unpaired) electrons. The first-order valence-corrected chi connectivity index (χ1v) is 13.8. The zero-order valence-corrected chi connectivity index (χ0v) is 22.0. The summed E-state index contributed by atoms with van der Waals surface area (Å²) in [5.74, 6) is -4.08. The van der Waals surface area contributed by atoms with Crippen LogP contribution in [0, 0.1) is 29.3 Å². The number of benzene rings is 2. The van der Waals surface area contributed by atoms with Crippen molar-refractivity contribution in [2.45, 2.75) is 57.6 Å². The number of thiophene rings is 1. The van der Waals surface area contributed by atoms with E-state index in [2.05, 4.69) is 23.8 Å². The predicted molar refractivity (Wildman–Crippen MR) is 136 cm³/mol. The summed E-state index contributed by atoms with van der Waals surface area (Å²) in [5, 5.41) is 0.709. The molecule has 2 aliphatic rings. The van der Waals surface area contributed by atoms with Crippen LogP contribution in [0.1, 0.15) is 60.8 Å². The zero-order valence-electron chi connectivity index (χ0n) is 21.2. The maximum absolute atomic E-state index is 15.1. The van der Waals surface area contributed by atoms with Gasteiger partial charge < -0.3 is 14.2 Å². The van der Waals surface area contributed by atoms with Gasteiger partial charge in [-0.25, -0.2) is 13.2 Å². The van der Waals surface area contributed by atoms with E-state index in [4.69, 9.17) is 9.47 Å². The molecule has 0 unspecified atom stereocenters. The number of hydrogen-bond acceptors (Lipinski definition) is 4. The number of ether oxygens (including phenoxy) is 3. The SMILES string of the molecule is CCc1ccc2c(F)c(C3CCC(/C=C/C4COC(c5cc(F)c(OC(F)(F)F)c(F)c5)OC4)CC3)sc2c1. The van der Waals surface area contributed by atoms with Gasteiger partial charge in [0.2, 0.25) is 5.75 Å². The molecule has 2 fully saturated rings. The molecule has 1 aliphatic carbocycles. The lowest BCUT2D eigenvalue weighted by Crippen LogP contribution is -2.26. The van der Waals surface area contributed by atoms with Crippen molar-refractivity contribution in [3.63, 3.8) is 0 Å². The summed E-state index contributed by atoms with van der Waals surface area (Å²) in [4.78, 5) is 0.853. The molecule has 1 aromatic heterocycles. The van der Waals surface area contributed by atoms with Crippen LogP contribution >= 0.6 is 11.3 Å². The monoisotopic (exact) mass is 570 g/mol. The number of fused-ring (bicyclic) bond motifs is 1. The van der Waals surface area contributed by atoms with Gasteiger partial charge in [-0.15, -0.1) is 24.5 Å². The van der Waals surface area contributed by atoms with Gasteiger partial charge >= 0.3 is 6.36 Å². The molecule has 39 heavy (non-hydrogen) atoms. The van der Waals surface area contributed by atoms with Crippen LogP contribution in [-0.2, 0) is 15.9 Å². The van der Waals surface area contributed by atoms with Crippen LogP contribution < -0.4 is 4.74 Å². The largest absolute Gasteiger partial charge is 0.573 e. The van der Waals surface area contributed by atoms with Crippen LogP contribution in [0.3, 0.4) is 0 Å². The van der Waals surface area contributed by atoms with Gasteiger partial charge in [0.1, 0.15) is 5.82 Å². The van der Waals surface area contributed by atoms with Crippen molar-refractivity contribution in [1.29, 1.82) is 0 Å². The second-order valence-corrected chi connectivity index (χ2v) is 11.2. The quantitative estimate of drug-likeness (QED) is 0.219. The van der Waals surface area contributed by atoms with Gasteiger partial charge in [-0.3, -0.25) is 0 Å². The minimum absolute atomic E-state index is 0.0698. The van der Waals surface area contributed by atoms with Crippen molar-refractivity contribution in [3.05, 3.63) is 75.9 Å². The number of allylic oxidation sites excluding steroid dienone is 1. The molecule has 0 N–H and O–H groups in total. The van der Waals surface area contributed by atoms with Gasteiger partial charge in [0, 0.05) is 26.4 Å². The molecule has 2 aromatic carbocycles. The van der Waals surface area contributed by atoms with Crippen LogP contribution in [-0.4, -0.2) is 19.6 Å². The highest BCUT2D eigenvalue weighted by atomic mass is 32.1. The number of rotatable bonds is 6. The van der Waals surface area contributed by atoms with E-state index in [0.29, 0.717) is 23.4 Å². The lowest BCUT2D eigenvalue weighted by atomic mass is 9.80. The fraction of sp³-hybridized carbons (Fsp3) is 0.448. The molecule has 3 nitrogen and oxygen atoms in total. The van der Waals surface area contributed by atoms with Crippen molar-refractivity contribution in [3.8, 4) is 5.75 Å². The van der Waals surface area contributed by atoms with Crippen LogP contribution in [0.15, 0.2) is 42.5 Å². The maximum Gasteiger partial charge on any atom is 0.573 e. The standard InChI is InChI=1S/C29H28F6O3S/c1-2-16-7-10-21-24(11-16)39-27(25(21)32)19-8-5-17(6-9-19)3-4-18-14-36-28(37-15-18)20-12-22(30)26(23(31)13-20)38-29(33,34)35/h3-4,7,10-13,17-19,28H,2,5-6,8-9,14-15H2,1H3/b4-3+. The fourth-order valence-electron chi connectivity index (χ4n) is 5.25. The van der Waals surface area contributed by atoms with Crippen LogP contribution in [0.4, 0.5) is 26.3 Å². The first-order chi connectivity index (χ1) is 18.6. The Morgan fingerprint density at radius 2 is 1.56 bits per heavy atom. The number of hydrogen-bond donors (Lipinski definition) is 0. The normalized spacial score (nSPS) is 24.5. The average molecular weight is 571 g/mol. The zero-order chi connectivity index (χ0) is 27.7. The summed E-state index contributed by atoms with van der Waals surface area (Å²) < 4.78 is 95.8. The Balaban J connectivity index is 1.13. The maximum atomic E-state index is 15.1. The summed E-state index contributed by atoms with van der Waals surface area (Å²) in [6, 6.07) is 7.40. The molecule has 0 amide bonds. The third-order valence-corrected chi connectivity index (χ3v) is 8.65. The fourth-order valence-corrected chi connectivity index (χ4v) is 6.57. The van der Waals surface area contributed by atoms with Crippen molar-refractivity contribution in [2.24, 2.45) is 11.8 Å². The van der Waals surface area contributed by atoms with Crippen LogP contribution in [0.25, 0.3) is 10.1 Å². The third-order valence-electron chi connectivity index (χ3n) is 7.36. The first-order valence-electron chi connectivity index (χ1n) is 13.0. The van der Waals surface area contributed by atoms with Gasteiger partial charge in [0.15, 0.2) is 17.9 Å². The van der Waals surface area contributed by atoms with Gasteiger partial charge in [-0.05, 0) is 67.7 Å². The molecule has 1 saturated carbocycles. The van der Waals surface area contributed by atoms with E-state index >= 15 is 4.39 Å². The summed E-state index contributed by atoms with van der Waals surface area (Å²) in [7, 11) is 0. The lowest BCUT2D eigenvalue weighted by Gasteiger charge is -2.29. The van der Waals surface area contributed by atoms with E-state index in [0.717, 1.165) is 41.7 Å². The summed E-state index contributed by atoms with van der Waals surface area (Å²) >= 11 is 1.57. The first kappa shape index (κ1) is 28.0. The Kier molecular flexibility index (Phi) is 8.26. The predicted octanol–water partition coefficient (Wildman–Crippen LogP) is 8.97. The second-order valence-electron chi connectivity index (χ2n) is 10.1. The topological polar surface area (TPSA) is 27.7 Å². The van der Waals surface area contributed by atoms with Gasteiger partial charge in [0.05, 0.1) is 13.2 Å². The molecule has 1 aliphatic heterocycles. The smallest absolute Gasteiger partial charge is 0.399 e. The second kappa shape index (κ2) is 11.5. The molecule has 2 heterocycles. The molecule has 10 heteroatoms. The minimum atomic E-state index is -5.21. The Morgan fingerprint density at radius 3 is 2.18 bits per heavy atom. The summed E-state index contributed by atoms with van der Waals surface area (Å²) in [5.41, 5.74) is 1.14. The molecule has 3 aromatic rings. The molecular formula is C29H28F6O3S. The molecule has 1 saturated heterocycles. The molecule has 0 atom stereocenters. The molecule has 0 bridgehead atoms. The highest BCUT2D eigenvalue weighted by molar-refractivity contribution is 7.19.